The Labute approximate surface area is 216 Å². The number of hydrogen-bond acceptors (Lipinski definition) is 8. The molecule has 0 aliphatic carbocycles. The van der Waals surface area contributed by atoms with Crippen molar-refractivity contribution in [3.8, 4) is 23.1 Å². The topological polar surface area (TPSA) is 121 Å². The van der Waals surface area contributed by atoms with Crippen molar-refractivity contribution in [2.45, 2.75) is 51.4 Å². The monoisotopic (exact) mass is 501 g/mol. The van der Waals surface area contributed by atoms with Crippen LogP contribution in [0.5, 0.6) is 5.75 Å². The summed E-state index contributed by atoms with van der Waals surface area (Å²) in [6.45, 7) is 4.57. The molecule has 2 aromatic heterocycles. The number of amides is 1. The predicted octanol–water partition coefficient (Wildman–Crippen LogP) is 3.29. The average Bonchev–Trinajstić information content (AvgIpc) is 2.90. The van der Waals surface area contributed by atoms with Crippen LogP contribution in [-0.2, 0) is 22.5 Å². The maximum atomic E-state index is 12.2. The van der Waals surface area contributed by atoms with E-state index in [-0.39, 0.29) is 12.0 Å². The molecule has 1 fully saturated rings. The fourth-order valence-electron chi connectivity index (χ4n) is 4.12. The molecule has 1 amide bonds. The fraction of sp³-hybridized carbons (Fsp3) is 0.393. The Morgan fingerprint density at radius 2 is 2.00 bits per heavy atom. The van der Waals surface area contributed by atoms with Gasteiger partial charge in [-0.2, -0.15) is 5.26 Å². The predicted molar refractivity (Wildman–Crippen MR) is 136 cm³/mol. The molecular weight excluding hydrogens is 470 g/mol. The van der Waals surface area contributed by atoms with Gasteiger partial charge < -0.3 is 19.5 Å². The van der Waals surface area contributed by atoms with Crippen LogP contribution >= 0.6 is 0 Å². The van der Waals surface area contributed by atoms with Gasteiger partial charge in [0.1, 0.15) is 29.3 Å². The molecule has 1 aliphatic heterocycles. The molecule has 0 radical (unpaired) electrons. The van der Waals surface area contributed by atoms with Crippen molar-refractivity contribution in [2.75, 3.05) is 20.3 Å². The minimum Gasteiger partial charge on any atom is -0.489 e. The van der Waals surface area contributed by atoms with Crippen LogP contribution in [0.2, 0.25) is 0 Å². The van der Waals surface area contributed by atoms with Crippen molar-refractivity contribution < 1.29 is 19.4 Å². The summed E-state index contributed by atoms with van der Waals surface area (Å²) in [4.78, 5) is 27.2. The van der Waals surface area contributed by atoms with E-state index in [1.54, 1.807) is 25.5 Å². The molecule has 0 saturated carbocycles. The van der Waals surface area contributed by atoms with Crippen molar-refractivity contribution in [1.82, 2.24) is 19.9 Å². The lowest BCUT2D eigenvalue weighted by Crippen LogP contribution is -2.42. The number of rotatable bonds is 8. The van der Waals surface area contributed by atoms with E-state index >= 15 is 0 Å². The quantitative estimate of drug-likeness (QED) is 0.499. The van der Waals surface area contributed by atoms with Gasteiger partial charge in [0, 0.05) is 44.3 Å². The van der Waals surface area contributed by atoms with E-state index in [2.05, 4.69) is 16.0 Å². The van der Waals surface area contributed by atoms with Gasteiger partial charge in [0.05, 0.1) is 36.7 Å². The molecule has 0 bridgehead atoms. The van der Waals surface area contributed by atoms with Crippen molar-refractivity contribution >= 4 is 5.91 Å². The number of carbonyl (C=O) groups is 1. The summed E-state index contributed by atoms with van der Waals surface area (Å²) in [6, 6.07) is 13.4. The van der Waals surface area contributed by atoms with Crippen LogP contribution in [0.3, 0.4) is 0 Å². The number of nitrogens with zero attached hydrogens (tertiary/aromatic N) is 5. The van der Waals surface area contributed by atoms with Gasteiger partial charge in [0.2, 0.25) is 0 Å². The number of hydrogen-bond donors (Lipinski definition) is 1. The van der Waals surface area contributed by atoms with Crippen molar-refractivity contribution in [2.24, 2.45) is 0 Å². The second kappa shape index (κ2) is 11.5. The second-order valence-corrected chi connectivity index (χ2v) is 9.67. The van der Waals surface area contributed by atoms with Crippen LogP contribution in [0.4, 0.5) is 0 Å². The first kappa shape index (κ1) is 26.2. The van der Waals surface area contributed by atoms with Crippen molar-refractivity contribution in [3.63, 3.8) is 0 Å². The standard InChI is InChI=1S/C28H31N5O4/c1-28(2,35)27(34)33(3)18-22-6-4-19(17-31-22)14-26-30-11-8-24(32-26)20-5-7-25(21(15-20)16-29)37-23-9-12-36-13-10-23/h4-8,11,15,17,23,35H,9-10,12-14,18H2,1-3H3. The maximum Gasteiger partial charge on any atom is 0.254 e. The number of aliphatic hydroxyl groups is 1. The van der Waals surface area contributed by atoms with Crippen molar-refractivity contribution in [3.05, 3.63) is 71.4 Å². The molecule has 1 aromatic carbocycles. The van der Waals surface area contributed by atoms with Gasteiger partial charge in [0.25, 0.3) is 5.91 Å². The van der Waals surface area contributed by atoms with Gasteiger partial charge in [-0.1, -0.05) is 6.07 Å². The third-order valence-electron chi connectivity index (χ3n) is 6.08. The van der Waals surface area contributed by atoms with Crippen LogP contribution in [0.1, 0.15) is 49.3 Å². The first-order valence-corrected chi connectivity index (χ1v) is 12.3. The molecule has 1 N–H and O–H groups in total. The summed E-state index contributed by atoms with van der Waals surface area (Å²) in [5, 5.41) is 19.6. The minimum atomic E-state index is -1.43. The summed E-state index contributed by atoms with van der Waals surface area (Å²) in [7, 11) is 1.64. The molecule has 0 spiro atoms. The van der Waals surface area contributed by atoms with Crippen LogP contribution in [0.15, 0.2) is 48.8 Å². The molecule has 9 heteroatoms. The molecule has 192 valence electrons. The number of carbonyl (C=O) groups excluding carboxylic acids is 1. The molecule has 1 saturated heterocycles. The van der Waals surface area contributed by atoms with Gasteiger partial charge in [0.15, 0.2) is 0 Å². The smallest absolute Gasteiger partial charge is 0.254 e. The van der Waals surface area contributed by atoms with Gasteiger partial charge >= 0.3 is 0 Å². The van der Waals surface area contributed by atoms with Gasteiger partial charge in [-0.3, -0.25) is 9.78 Å². The Hall–Kier alpha value is -3.87. The lowest BCUT2D eigenvalue weighted by atomic mass is 10.1. The second-order valence-electron chi connectivity index (χ2n) is 9.67. The molecule has 37 heavy (non-hydrogen) atoms. The highest BCUT2D eigenvalue weighted by Gasteiger charge is 2.27. The molecule has 3 aromatic rings. The highest BCUT2D eigenvalue weighted by atomic mass is 16.5. The van der Waals surface area contributed by atoms with Crippen LogP contribution < -0.4 is 4.74 Å². The van der Waals surface area contributed by atoms with Gasteiger partial charge in [-0.25, -0.2) is 9.97 Å². The van der Waals surface area contributed by atoms with E-state index in [1.165, 1.54) is 18.7 Å². The zero-order valence-electron chi connectivity index (χ0n) is 21.3. The van der Waals surface area contributed by atoms with E-state index < -0.39 is 5.60 Å². The zero-order chi connectivity index (χ0) is 26.4. The molecule has 0 atom stereocenters. The van der Waals surface area contributed by atoms with E-state index in [0.29, 0.717) is 49.0 Å². The number of likely N-dealkylation sites (N-methyl/N-ethyl adjacent to an activating group) is 1. The van der Waals surface area contributed by atoms with E-state index in [0.717, 1.165) is 29.7 Å². The molecule has 4 rings (SSSR count). The highest BCUT2D eigenvalue weighted by molar-refractivity contribution is 5.83. The Bertz CT molecular complexity index is 1270. The third kappa shape index (κ3) is 6.88. The largest absolute Gasteiger partial charge is 0.489 e. The van der Waals surface area contributed by atoms with E-state index in [4.69, 9.17) is 14.5 Å². The number of aromatic nitrogens is 3. The lowest BCUT2D eigenvalue weighted by Gasteiger charge is -2.24. The first-order chi connectivity index (χ1) is 17.7. The Morgan fingerprint density at radius 1 is 1.22 bits per heavy atom. The fourth-order valence-corrected chi connectivity index (χ4v) is 4.12. The molecule has 9 nitrogen and oxygen atoms in total. The van der Waals surface area contributed by atoms with Crippen LogP contribution in [0.25, 0.3) is 11.3 Å². The summed E-state index contributed by atoms with van der Waals surface area (Å²) < 4.78 is 11.4. The summed E-state index contributed by atoms with van der Waals surface area (Å²) in [5.74, 6) is 0.835. The maximum absolute atomic E-state index is 12.2. The first-order valence-electron chi connectivity index (χ1n) is 12.3. The van der Waals surface area contributed by atoms with Gasteiger partial charge in [-0.15, -0.1) is 0 Å². The Morgan fingerprint density at radius 3 is 2.68 bits per heavy atom. The van der Waals surface area contributed by atoms with Crippen LogP contribution in [-0.4, -0.2) is 62.8 Å². The van der Waals surface area contributed by atoms with Crippen molar-refractivity contribution in [1.29, 1.82) is 5.26 Å². The third-order valence-corrected chi connectivity index (χ3v) is 6.08. The number of benzene rings is 1. The van der Waals surface area contributed by atoms with E-state index in [9.17, 15) is 15.2 Å². The molecular formula is C28H31N5O4. The summed E-state index contributed by atoms with van der Waals surface area (Å²) >= 11 is 0. The number of ether oxygens (including phenoxy) is 2. The molecule has 0 unspecified atom stereocenters. The average molecular weight is 502 g/mol. The molecule has 1 aliphatic rings. The number of nitriles is 1. The summed E-state index contributed by atoms with van der Waals surface area (Å²) in [6.07, 6.45) is 5.61. The highest BCUT2D eigenvalue weighted by Crippen LogP contribution is 2.27. The lowest BCUT2D eigenvalue weighted by molar-refractivity contribution is -0.147. The summed E-state index contributed by atoms with van der Waals surface area (Å²) in [5.41, 5.74) is 2.21. The zero-order valence-corrected chi connectivity index (χ0v) is 21.3. The minimum absolute atomic E-state index is 0.0553. The molecule has 3 heterocycles. The number of pyridine rings is 1. The van der Waals surface area contributed by atoms with E-state index in [1.807, 2.05) is 30.3 Å². The SMILES string of the molecule is CN(Cc1ccc(Cc2nccc(-c3ccc(OC4CCOCC4)c(C#N)c3)n2)cn1)C(=O)C(C)(C)O. The normalized spacial score (nSPS) is 14.1. The Kier molecular flexibility index (Phi) is 8.11. The Balaban J connectivity index is 1.43. The van der Waals surface area contributed by atoms with Crippen LogP contribution in [0, 0.1) is 11.3 Å². The van der Waals surface area contributed by atoms with Gasteiger partial charge in [-0.05, 0) is 49.7 Å².